The standard InChI is InChI=1S/C16H16N2O2/c1-3-19-13(2)20-16-12-8-7-11-15(16)18-17-14-9-5-4-6-10-14/h3-13H,1H2,2H3. The fraction of sp³-hybridized carbons (Fsp3) is 0.125. The molecule has 4 heteroatoms. The summed E-state index contributed by atoms with van der Waals surface area (Å²) >= 11 is 0. The minimum absolute atomic E-state index is 0.430. The van der Waals surface area contributed by atoms with Crippen molar-refractivity contribution >= 4 is 11.4 Å². The third-order valence-corrected chi connectivity index (χ3v) is 2.48. The summed E-state index contributed by atoms with van der Waals surface area (Å²) in [4.78, 5) is 0. The van der Waals surface area contributed by atoms with Crippen molar-refractivity contribution in [1.82, 2.24) is 0 Å². The van der Waals surface area contributed by atoms with Crippen LogP contribution in [0, 0.1) is 0 Å². The van der Waals surface area contributed by atoms with Crippen LogP contribution >= 0.6 is 0 Å². The zero-order valence-electron chi connectivity index (χ0n) is 11.3. The van der Waals surface area contributed by atoms with Gasteiger partial charge in [0, 0.05) is 6.92 Å². The quantitative estimate of drug-likeness (QED) is 0.421. The van der Waals surface area contributed by atoms with E-state index < -0.39 is 6.29 Å². The molecule has 0 N–H and O–H groups in total. The monoisotopic (exact) mass is 268 g/mol. The molecule has 2 rings (SSSR count). The minimum atomic E-state index is -0.430. The van der Waals surface area contributed by atoms with E-state index >= 15 is 0 Å². The molecule has 1 atom stereocenters. The lowest BCUT2D eigenvalue weighted by atomic mass is 10.3. The molecule has 2 aromatic rings. The highest BCUT2D eigenvalue weighted by molar-refractivity contribution is 5.51. The van der Waals surface area contributed by atoms with Crippen molar-refractivity contribution in [3.8, 4) is 5.75 Å². The van der Waals surface area contributed by atoms with Crippen LogP contribution in [0.25, 0.3) is 0 Å². The molecular weight excluding hydrogens is 252 g/mol. The molecule has 2 aromatic carbocycles. The maximum Gasteiger partial charge on any atom is 0.237 e. The molecule has 0 amide bonds. The zero-order chi connectivity index (χ0) is 14.2. The first kappa shape index (κ1) is 13.8. The largest absolute Gasteiger partial charge is 0.463 e. The maximum atomic E-state index is 5.63. The number of para-hydroxylation sites is 1. The number of ether oxygens (including phenoxy) is 2. The van der Waals surface area contributed by atoms with Gasteiger partial charge in [0.25, 0.3) is 0 Å². The fourth-order valence-electron chi connectivity index (χ4n) is 1.59. The second-order valence-electron chi connectivity index (χ2n) is 3.99. The van der Waals surface area contributed by atoms with Crippen LogP contribution in [0.3, 0.4) is 0 Å². The molecule has 0 saturated heterocycles. The highest BCUT2D eigenvalue weighted by Gasteiger charge is 2.06. The van der Waals surface area contributed by atoms with E-state index in [2.05, 4.69) is 16.8 Å². The Morgan fingerprint density at radius 2 is 1.70 bits per heavy atom. The molecular formula is C16H16N2O2. The number of benzene rings is 2. The van der Waals surface area contributed by atoms with Crippen molar-refractivity contribution in [2.45, 2.75) is 13.2 Å². The van der Waals surface area contributed by atoms with Crippen LogP contribution in [0.1, 0.15) is 6.92 Å². The first-order valence-corrected chi connectivity index (χ1v) is 6.28. The first-order chi connectivity index (χ1) is 9.79. The Balaban J connectivity index is 2.15. The Bertz CT molecular complexity index is 582. The van der Waals surface area contributed by atoms with Gasteiger partial charge in [-0.15, -0.1) is 5.11 Å². The molecule has 0 spiro atoms. The number of hydrogen-bond acceptors (Lipinski definition) is 4. The average Bonchev–Trinajstić information content (AvgIpc) is 2.48. The van der Waals surface area contributed by atoms with E-state index in [1.807, 2.05) is 54.6 Å². The smallest absolute Gasteiger partial charge is 0.237 e. The van der Waals surface area contributed by atoms with Crippen molar-refractivity contribution < 1.29 is 9.47 Å². The number of rotatable bonds is 6. The second-order valence-corrected chi connectivity index (χ2v) is 3.99. The Morgan fingerprint density at radius 1 is 1.00 bits per heavy atom. The molecule has 0 radical (unpaired) electrons. The molecule has 20 heavy (non-hydrogen) atoms. The molecule has 0 fully saturated rings. The van der Waals surface area contributed by atoms with Gasteiger partial charge < -0.3 is 9.47 Å². The van der Waals surface area contributed by atoms with Gasteiger partial charge in [0.2, 0.25) is 6.29 Å². The third kappa shape index (κ3) is 3.95. The van der Waals surface area contributed by atoms with E-state index in [4.69, 9.17) is 9.47 Å². The first-order valence-electron chi connectivity index (χ1n) is 6.28. The highest BCUT2D eigenvalue weighted by atomic mass is 16.7. The summed E-state index contributed by atoms with van der Waals surface area (Å²) in [5, 5.41) is 8.38. The van der Waals surface area contributed by atoms with Gasteiger partial charge in [-0.3, -0.25) is 0 Å². The zero-order valence-corrected chi connectivity index (χ0v) is 11.3. The van der Waals surface area contributed by atoms with E-state index in [0.29, 0.717) is 11.4 Å². The van der Waals surface area contributed by atoms with Gasteiger partial charge in [-0.25, -0.2) is 0 Å². The Morgan fingerprint density at radius 3 is 2.45 bits per heavy atom. The van der Waals surface area contributed by atoms with Crippen LogP contribution in [0.4, 0.5) is 11.4 Å². The second kappa shape index (κ2) is 7.09. The summed E-state index contributed by atoms with van der Waals surface area (Å²) in [6.07, 6.45) is 0.916. The highest BCUT2D eigenvalue weighted by Crippen LogP contribution is 2.29. The van der Waals surface area contributed by atoms with E-state index in [0.717, 1.165) is 5.69 Å². The van der Waals surface area contributed by atoms with Crippen molar-refractivity contribution in [2.24, 2.45) is 10.2 Å². The topological polar surface area (TPSA) is 43.2 Å². The summed E-state index contributed by atoms with van der Waals surface area (Å²) in [6, 6.07) is 16.9. The minimum Gasteiger partial charge on any atom is -0.463 e. The van der Waals surface area contributed by atoms with Crippen LogP contribution in [-0.4, -0.2) is 6.29 Å². The van der Waals surface area contributed by atoms with Crippen LogP contribution in [-0.2, 0) is 4.74 Å². The molecule has 102 valence electrons. The van der Waals surface area contributed by atoms with Gasteiger partial charge in [-0.1, -0.05) is 36.9 Å². The van der Waals surface area contributed by atoms with E-state index in [1.165, 1.54) is 6.26 Å². The lowest BCUT2D eigenvalue weighted by Gasteiger charge is -2.14. The summed E-state index contributed by atoms with van der Waals surface area (Å²) < 4.78 is 10.8. The van der Waals surface area contributed by atoms with Crippen LogP contribution < -0.4 is 4.74 Å². The summed E-state index contributed by atoms with van der Waals surface area (Å²) in [5.74, 6) is 0.613. The lowest BCUT2D eigenvalue weighted by molar-refractivity contribution is -0.0127. The molecule has 0 aliphatic rings. The van der Waals surface area contributed by atoms with E-state index in [-0.39, 0.29) is 0 Å². The van der Waals surface area contributed by atoms with Crippen molar-refractivity contribution in [3.63, 3.8) is 0 Å². The van der Waals surface area contributed by atoms with Gasteiger partial charge >= 0.3 is 0 Å². The average molecular weight is 268 g/mol. The molecule has 4 nitrogen and oxygen atoms in total. The molecule has 0 aromatic heterocycles. The summed E-state index contributed by atoms with van der Waals surface area (Å²) in [6.45, 7) is 5.28. The van der Waals surface area contributed by atoms with Crippen LogP contribution in [0.2, 0.25) is 0 Å². The Labute approximate surface area is 118 Å². The predicted octanol–water partition coefficient (Wildman–Crippen LogP) is 4.99. The van der Waals surface area contributed by atoms with Gasteiger partial charge in [0.1, 0.15) is 5.69 Å². The number of azo groups is 1. The SMILES string of the molecule is C=COC(C)Oc1ccccc1N=Nc1ccccc1. The lowest BCUT2D eigenvalue weighted by Crippen LogP contribution is -2.12. The van der Waals surface area contributed by atoms with Gasteiger partial charge in [-0.05, 0) is 24.3 Å². The predicted molar refractivity (Wildman–Crippen MR) is 78.4 cm³/mol. The van der Waals surface area contributed by atoms with E-state index in [9.17, 15) is 0 Å². The normalized spacial score (nSPS) is 12.1. The summed E-state index contributed by atoms with van der Waals surface area (Å²) in [7, 11) is 0. The number of nitrogens with zero attached hydrogens (tertiary/aromatic N) is 2. The number of hydrogen-bond donors (Lipinski definition) is 0. The van der Waals surface area contributed by atoms with Gasteiger partial charge in [-0.2, -0.15) is 5.11 Å². The molecule has 0 saturated carbocycles. The van der Waals surface area contributed by atoms with Gasteiger partial charge in [0.05, 0.1) is 11.9 Å². The van der Waals surface area contributed by atoms with Crippen molar-refractivity contribution in [1.29, 1.82) is 0 Å². The van der Waals surface area contributed by atoms with Crippen molar-refractivity contribution in [2.75, 3.05) is 0 Å². The molecule has 0 aliphatic carbocycles. The molecule has 1 unspecified atom stereocenters. The molecule has 0 heterocycles. The van der Waals surface area contributed by atoms with E-state index in [1.54, 1.807) is 6.92 Å². The Hall–Kier alpha value is -2.62. The summed E-state index contributed by atoms with van der Waals surface area (Å²) in [5.41, 5.74) is 1.44. The molecule has 0 aliphatic heterocycles. The van der Waals surface area contributed by atoms with Crippen LogP contribution in [0.5, 0.6) is 5.75 Å². The van der Waals surface area contributed by atoms with Crippen LogP contribution in [0.15, 0.2) is 77.7 Å². The maximum absolute atomic E-state index is 5.63. The fourth-order valence-corrected chi connectivity index (χ4v) is 1.59. The molecule has 0 bridgehead atoms. The Kier molecular flexibility index (Phi) is 4.89. The van der Waals surface area contributed by atoms with Gasteiger partial charge in [0.15, 0.2) is 5.75 Å². The van der Waals surface area contributed by atoms with Crippen molar-refractivity contribution in [3.05, 3.63) is 67.4 Å². The third-order valence-electron chi connectivity index (χ3n) is 2.48.